The van der Waals surface area contributed by atoms with E-state index >= 15 is 0 Å². The molecule has 3 heterocycles. The van der Waals surface area contributed by atoms with E-state index in [-0.39, 0.29) is 11.6 Å². The molecule has 1 aromatic carbocycles. The van der Waals surface area contributed by atoms with Crippen molar-refractivity contribution in [3.8, 4) is 11.4 Å². The number of hydrogen-bond donors (Lipinski definition) is 0. The van der Waals surface area contributed by atoms with Crippen molar-refractivity contribution in [2.24, 2.45) is 0 Å². The number of benzene rings is 1. The summed E-state index contributed by atoms with van der Waals surface area (Å²) in [6.45, 7) is 1.48. The lowest BCUT2D eigenvalue weighted by Crippen LogP contribution is -2.42. The smallest absolute Gasteiger partial charge is 0.357 e. The lowest BCUT2D eigenvalue weighted by molar-refractivity contribution is -0.149. The Bertz CT molecular complexity index is 1020. The highest BCUT2D eigenvalue weighted by Crippen LogP contribution is 2.21. The Hall–Kier alpha value is -3.79. The Balaban J connectivity index is 1.58. The molecule has 1 saturated heterocycles. The van der Waals surface area contributed by atoms with Gasteiger partial charge in [0, 0.05) is 24.7 Å². The standard InChI is InChI=1S/C20H19N5O5/c26-18(24-8-11-28-12-9-24)14-30-20(27)17(13-16-7-4-10-29-16)25-19(21-22-23-25)15-5-2-1-3-6-15/h1-7,10,13H,8-9,11-12,14H2/b17-13-. The molecule has 2 aromatic heterocycles. The number of nitrogens with zero attached hydrogens (tertiary/aromatic N) is 5. The molecule has 1 fully saturated rings. The fourth-order valence-electron chi connectivity index (χ4n) is 2.94. The van der Waals surface area contributed by atoms with E-state index in [4.69, 9.17) is 13.9 Å². The Labute approximate surface area is 171 Å². The molecule has 4 rings (SSSR count). The summed E-state index contributed by atoms with van der Waals surface area (Å²) in [6.07, 6.45) is 2.94. The monoisotopic (exact) mass is 409 g/mol. The van der Waals surface area contributed by atoms with Crippen molar-refractivity contribution >= 4 is 23.6 Å². The first-order valence-corrected chi connectivity index (χ1v) is 9.34. The van der Waals surface area contributed by atoms with Crippen LogP contribution in [0.1, 0.15) is 5.76 Å². The first-order valence-electron chi connectivity index (χ1n) is 9.34. The first kappa shape index (κ1) is 19.5. The Morgan fingerprint density at radius 2 is 1.90 bits per heavy atom. The van der Waals surface area contributed by atoms with Crippen molar-refractivity contribution in [2.45, 2.75) is 0 Å². The van der Waals surface area contributed by atoms with Crippen LogP contribution in [-0.2, 0) is 19.1 Å². The normalized spacial score (nSPS) is 14.5. The third-order valence-corrected chi connectivity index (χ3v) is 4.45. The molecule has 10 nitrogen and oxygen atoms in total. The van der Waals surface area contributed by atoms with E-state index in [1.807, 2.05) is 30.3 Å². The van der Waals surface area contributed by atoms with E-state index in [0.717, 1.165) is 0 Å². The second kappa shape index (κ2) is 9.14. The number of ether oxygens (including phenoxy) is 2. The highest BCUT2D eigenvalue weighted by atomic mass is 16.5. The molecule has 1 amide bonds. The lowest BCUT2D eigenvalue weighted by Gasteiger charge is -2.26. The first-order chi connectivity index (χ1) is 14.7. The maximum atomic E-state index is 12.9. The predicted octanol–water partition coefficient (Wildman–Crippen LogP) is 1.33. The van der Waals surface area contributed by atoms with E-state index in [2.05, 4.69) is 15.5 Å². The number of hydrogen-bond acceptors (Lipinski definition) is 8. The van der Waals surface area contributed by atoms with Gasteiger partial charge in [-0.2, -0.15) is 4.68 Å². The molecule has 0 radical (unpaired) electrons. The molecular formula is C20H19N5O5. The number of carbonyl (C=O) groups is 2. The Kier molecular flexibility index (Phi) is 5.95. The minimum absolute atomic E-state index is 0.0172. The van der Waals surface area contributed by atoms with Gasteiger partial charge in [0.15, 0.2) is 18.1 Å². The quantitative estimate of drug-likeness (QED) is 0.443. The van der Waals surface area contributed by atoms with Gasteiger partial charge in [0.1, 0.15) is 5.76 Å². The molecule has 0 unspecified atom stereocenters. The zero-order valence-corrected chi connectivity index (χ0v) is 16.0. The van der Waals surface area contributed by atoms with Crippen LogP contribution in [0.25, 0.3) is 23.2 Å². The molecule has 0 aliphatic carbocycles. The van der Waals surface area contributed by atoms with E-state index in [1.54, 1.807) is 17.0 Å². The number of amides is 1. The second-order valence-electron chi connectivity index (χ2n) is 6.39. The van der Waals surface area contributed by atoms with Gasteiger partial charge in [-0.15, -0.1) is 5.10 Å². The summed E-state index contributed by atoms with van der Waals surface area (Å²) in [7, 11) is 0. The van der Waals surface area contributed by atoms with Crippen molar-refractivity contribution in [3.05, 3.63) is 54.5 Å². The van der Waals surface area contributed by atoms with Gasteiger partial charge in [0.05, 0.1) is 19.5 Å². The topological polar surface area (TPSA) is 113 Å². The number of carbonyl (C=O) groups excluding carboxylic acids is 2. The SMILES string of the molecule is O=C(OCC(=O)N1CCOCC1)/C(=C/c1ccco1)n1nnnc1-c1ccccc1. The fraction of sp³-hybridized carbons (Fsp3) is 0.250. The molecule has 154 valence electrons. The van der Waals surface area contributed by atoms with Gasteiger partial charge in [0.2, 0.25) is 0 Å². The van der Waals surface area contributed by atoms with Gasteiger partial charge < -0.3 is 18.8 Å². The van der Waals surface area contributed by atoms with Crippen molar-refractivity contribution in [3.63, 3.8) is 0 Å². The van der Waals surface area contributed by atoms with Crippen LogP contribution < -0.4 is 0 Å². The molecular weight excluding hydrogens is 390 g/mol. The molecule has 10 heteroatoms. The predicted molar refractivity (Wildman–Crippen MR) is 104 cm³/mol. The van der Waals surface area contributed by atoms with Gasteiger partial charge >= 0.3 is 5.97 Å². The third-order valence-electron chi connectivity index (χ3n) is 4.45. The average Bonchev–Trinajstić information content (AvgIpc) is 3.49. The van der Waals surface area contributed by atoms with Crippen molar-refractivity contribution in [1.82, 2.24) is 25.1 Å². The van der Waals surface area contributed by atoms with Crippen molar-refractivity contribution in [1.29, 1.82) is 0 Å². The molecule has 0 N–H and O–H groups in total. The minimum atomic E-state index is -0.752. The minimum Gasteiger partial charge on any atom is -0.465 e. The lowest BCUT2D eigenvalue weighted by atomic mass is 10.2. The van der Waals surface area contributed by atoms with E-state index in [1.165, 1.54) is 17.0 Å². The van der Waals surface area contributed by atoms with Crippen LogP contribution in [0.15, 0.2) is 53.1 Å². The van der Waals surface area contributed by atoms with Crippen molar-refractivity contribution in [2.75, 3.05) is 32.9 Å². The largest absolute Gasteiger partial charge is 0.465 e. The summed E-state index contributed by atoms with van der Waals surface area (Å²) in [5.41, 5.74) is 0.730. The summed E-state index contributed by atoms with van der Waals surface area (Å²) < 4.78 is 17.1. The average molecular weight is 409 g/mol. The van der Waals surface area contributed by atoms with Crippen LogP contribution in [0.5, 0.6) is 0 Å². The zero-order valence-electron chi connectivity index (χ0n) is 16.0. The van der Waals surface area contributed by atoms with Crippen molar-refractivity contribution < 1.29 is 23.5 Å². The Morgan fingerprint density at radius 3 is 2.63 bits per heavy atom. The van der Waals surface area contributed by atoms with E-state index < -0.39 is 12.6 Å². The van der Waals surface area contributed by atoms with Crippen LogP contribution in [0.2, 0.25) is 0 Å². The summed E-state index contributed by atoms with van der Waals surface area (Å²) >= 11 is 0. The number of morpholine rings is 1. The summed E-state index contributed by atoms with van der Waals surface area (Å²) in [5.74, 6) is -0.276. The number of tetrazole rings is 1. The molecule has 1 aliphatic heterocycles. The van der Waals surface area contributed by atoms with E-state index in [9.17, 15) is 9.59 Å². The van der Waals surface area contributed by atoms with Gasteiger partial charge in [-0.1, -0.05) is 30.3 Å². The van der Waals surface area contributed by atoms with Crippen LogP contribution in [0.3, 0.4) is 0 Å². The van der Waals surface area contributed by atoms with Crippen LogP contribution >= 0.6 is 0 Å². The summed E-state index contributed by atoms with van der Waals surface area (Å²) in [5, 5.41) is 11.7. The Morgan fingerprint density at radius 1 is 1.10 bits per heavy atom. The molecule has 1 aliphatic rings. The number of esters is 1. The third kappa shape index (κ3) is 4.44. The molecule has 30 heavy (non-hydrogen) atoms. The number of furan rings is 1. The highest BCUT2D eigenvalue weighted by Gasteiger charge is 2.24. The summed E-state index contributed by atoms with van der Waals surface area (Å²) in [4.78, 5) is 26.8. The maximum Gasteiger partial charge on any atom is 0.357 e. The van der Waals surface area contributed by atoms with Gasteiger partial charge in [-0.25, -0.2) is 4.79 Å². The number of rotatable bonds is 6. The molecule has 0 saturated carbocycles. The molecule has 0 spiro atoms. The van der Waals surface area contributed by atoms with Gasteiger partial charge in [0.25, 0.3) is 5.91 Å². The van der Waals surface area contributed by atoms with E-state index in [0.29, 0.717) is 43.5 Å². The highest BCUT2D eigenvalue weighted by molar-refractivity contribution is 6.15. The van der Waals surface area contributed by atoms with Crippen LogP contribution in [0.4, 0.5) is 0 Å². The van der Waals surface area contributed by atoms with Crippen LogP contribution in [0, 0.1) is 0 Å². The molecule has 0 atom stereocenters. The molecule has 3 aromatic rings. The zero-order chi connectivity index (χ0) is 20.8. The maximum absolute atomic E-state index is 12.9. The second-order valence-corrected chi connectivity index (χ2v) is 6.39. The summed E-state index contributed by atoms with van der Waals surface area (Å²) in [6, 6.07) is 12.5. The van der Waals surface area contributed by atoms with Gasteiger partial charge in [-0.3, -0.25) is 4.79 Å². The number of aromatic nitrogens is 4. The molecule has 0 bridgehead atoms. The van der Waals surface area contributed by atoms with Crippen LogP contribution in [-0.4, -0.2) is 69.9 Å². The fourth-order valence-corrected chi connectivity index (χ4v) is 2.94. The van der Waals surface area contributed by atoms with Gasteiger partial charge in [-0.05, 0) is 22.6 Å².